The quantitative estimate of drug-likeness (QED) is 0.508. The van der Waals surface area contributed by atoms with Gasteiger partial charge in [-0.3, -0.25) is 4.79 Å². The zero-order chi connectivity index (χ0) is 22.8. The van der Waals surface area contributed by atoms with E-state index in [1.54, 1.807) is 5.38 Å². The minimum Gasteiger partial charge on any atom is -0.326 e. The zero-order valence-corrected chi connectivity index (χ0v) is 17.0. The highest BCUT2D eigenvalue weighted by molar-refractivity contribution is 7.91. The molecular formula is C19H13F5N2O3S2. The summed E-state index contributed by atoms with van der Waals surface area (Å²) in [5, 5.41) is 4.52. The number of alkyl halides is 5. The van der Waals surface area contributed by atoms with Gasteiger partial charge in [0.05, 0.1) is 22.6 Å². The number of nitrogens with one attached hydrogen (secondary N) is 1. The van der Waals surface area contributed by atoms with E-state index in [-0.39, 0.29) is 12.1 Å². The standard InChI is InChI=1S/C19H13F5N2O3S2/c20-18(21)31(28,29)15-7-5-13(6-8-15)25-16(27)9-14-10-30-17(26-14)11-1-3-12(4-2-11)19(22,23)24/h1-8,10,18H,9H2,(H,25,27). The Balaban J connectivity index is 1.64. The van der Waals surface area contributed by atoms with Crippen LogP contribution in [0.5, 0.6) is 0 Å². The third kappa shape index (κ3) is 5.44. The van der Waals surface area contributed by atoms with Crippen LogP contribution in [-0.2, 0) is 27.2 Å². The number of carbonyl (C=O) groups excluding carboxylic acids is 1. The van der Waals surface area contributed by atoms with Crippen molar-refractivity contribution < 1.29 is 35.2 Å². The van der Waals surface area contributed by atoms with Gasteiger partial charge in [-0.1, -0.05) is 12.1 Å². The number of thiazole rings is 1. The molecule has 0 saturated carbocycles. The molecule has 0 unspecified atom stereocenters. The van der Waals surface area contributed by atoms with Crippen molar-refractivity contribution in [2.24, 2.45) is 0 Å². The predicted octanol–water partition coefficient (Wildman–Crippen LogP) is 5.01. The van der Waals surface area contributed by atoms with Crippen molar-refractivity contribution in [2.45, 2.75) is 23.3 Å². The van der Waals surface area contributed by atoms with Crippen molar-refractivity contribution in [1.82, 2.24) is 4.98 Å². The third-order valence-corrected chi connectivity index (χ3v) is 6.39. The van der Waals surface area contributed by atoms with Crippen molar-refractivity contribution in [3.05, 3.63) is 65.2 Å². The summed E-state index contributed by atoms with van der Waals surface area (Å²) in [6.45, 7) is 0. The number of rotatable bonds is 6. The number of hydrogen-bond donors (Lipinski definition) is 1. The van der Waals surface area contributed by atoms with Gasteiger partial charge < -0.3 is 5.32 Å². The van der Waals surface area contributed by atoms with E-state index in [1.807, 2.05) is 0 Å². The lowest BCUT2D eigenvalue weighted by Crippen LogP contribution is -2.15. The Kier molecular flexibility index (Phi) is 6.41. The van der Waals surface area contributed by atoms with Gasteiger partial charge in [0.25, 0.3) is 0 Å². The summed E-state index contributed by atoms with van der Waals surface area (Å²) in [7, 11) is -4.72. The van der Waals surface area contributed by atoms with Gasteiger partial charge in [0.15, 0.2) is 0 Å². The lowest BCUT2D eigenvalue weighted by Gasteiger charge is -2.07. The highest BCUT2D eigenvalue weighted by atomic mass is 32.2. The number of anilines is 1. The normalized spacial score (nSPS) is 12.2. The summed E-state index contributed by atoms with van der Waals surface area (Å²) in [6.07, 6.45) is -4.58. The number of halogens is 5. The molecule has 2 aromatic carbocycles. The number of carbonyl (C=O) groups is 1. The first kappa shape index (κ1) is 22.8. The Bertz CT molecular complexity index is 1170. The van der Waals surface area contributed by atoms with Gasteiger partial charge in [0, 0.05) is 16.6 Å². The fourth-order valence-corrected chi connectivity index (χ4v) is 4.07. The van der Waals surface area contributed by atoms with Crippen molar-refractivity contribution in [3.8, 4) is 10.6 Å². The van der Waals surface area contributed by atoms with E-state index in [9.17, 15) is 35.2 Å². The molecule has 0 fully saturated rings. The first-order valence-corrected chi connectivity index (χ1v) is 10.9. The van der Waals surface area contributed by atoms with Crippen LogP contribution in [0.1, 0.15) is 11.3 Å². The molecule has 1 heterocycles. The molecule has 0 spiro atoms. The Morgan fingerprint density at radius 1 is 1.03 bits per heavy atom. The van der Waals surface area contributed by atoms with Gasteiger partial charge in [-0.25, -0.2) is 13.4 Å². The summed E-state index contributed by atoms with van der Waals surface area (Å²) >= 11 is 1.16. The second kappa shape index (κ2) is 8.71. The minimum absolute atomic E-state index is 0.145. The zero-order valence-electron chi connectivity index (χ0n) is 15.4. The molecule has 0 atom stereocenters. The molecule has 1 N–H and O–H groups in total. The molecule has 3 rings (SSSR count). The van der Waals surface area contributed by atoms with E-state index in [1.165, 1.54) is 24.3 Å². The lowest BCUT2D eigenvalue weighted by molar-refractivity contribution is -0.137. The van der Waals surface area contributed by atoms with Gasteiger partial charge in [-0.15, -0.1) is 11.3 Å². The molecule has 0 radical (unpaired) electrons. The summed E-state index contributed by atoms with van der Waals surface area (Å²) < 4.78 is 85.8. The van der Waals surface area contributed by atoms with E-state index >= 15 is 0 Å². The molecule has 31 heavy (non-hydrogen) atoms. The summed E-state index contributed by atoms with van der Waals surface area (Å²) in [4.78, 5) is 15.8. The van der Waals surface area contributed by atoms with Crippen LogP contribution >= 0.6 is 11.3 Å². The molecule has 0 saturated heterocycles. The fraction of sp³-hybridized carbons (Fsp3) is 0.158. The van der Waals surface area contributed by atoms with Crippen LogP contribution < -0.4 is 5.32 Å². The van der Waals surface area contributed by atoms with E-state index in [4.69, 9.17) is 0 Å². The Morgan fingerprint density at radius 3 is 2.19 bits per heavy atom. The highest BCUT2D eigenvalue weighted by Crippen LogP contribution is 2.32. The second-order valence-corrected chi connectivity index (χ2v) is 9.05. The topological polar surface area (TPSA) is 76.1 Å². The number of sulfone groups is 1. The average molecular weight is 476 g/mol. The van der Waals surface area contributed by atoms with Crippen molar-refractivity contribution in [1.29, 1.82) is 0 Å². The Labute approximate surface area is 177 Å². The van der Waals surface area contributed by atoms with Gasteiger partial charge in [-0.2, -0.15) is 22.0 Å². The van der Waals surface area contributed by atoms with Crippen LogP contribution in [0.25, 0.3) is 10.6 Å². The predicted molar refractivity (Wildman–Crippen MR) is 105 cm³/mol. The van der Waals surface area contributed by atoms with Gasteiger partial charge in [0.2, 0.25) is 15.7 Å². The maximum atomic E-state index is 12.6. The van der Waals surface area contributed by atoms with Gasteiger partial charge in [-0.05, 0) is 36.4 Å². The van der Waals surface area contributed by atoms with Crippen molar-refractivity contribution in [3.63, 3.8) is 0 Å². The maximum Gasteiger partial charge on any atom is 0.416 e. The Morgan fingerprint density at radius 2 is 1.65 bits per heavy atom. The van der Waals surface area contributed by atoms with Gasteiger partial charge in [0.1, 0.15) is 5.01 Å². The second-order valence-electron chi connectivity index (χ2n) is 6.27. The van der Waals surface area contributed by atoms with Crippen LogP contribution in [0, 0.1) is 0 Å². The highest BCUT2D eigenvalue weighted by Gasteiger charge is 2.30. The molecule has 164 valence electrons. The molecule has 3 aromatic rings. The molecule has 1 aromatic heterocycles. The number of amides is 1. The maximum absolute atomic E-state index is 12.6. The molecule has 0 aliphatic rings. The first-order valence-electron chi connectivity index (χ1n) is 8.51. The summed E-state index contributed by atoms with van der Waals surface area (Å²) in [5.74, 6) is -4.04. The van der Waals surface area contributed by atoms with Gasteiger partial charge >= 0.3 is 11.9 Å². The summed E-state index contributed by atoms with van der Waals surface area (Å²) in [5.41, 5.74) is 0.283. The molecule has 1 amide bonds. The van der Waals surface area contributed by atoms with Crippen molar-refractivity contribution >= 4 is 32.8 Å². The van der Waals surface area contributed by atoms with Crippen LogP contribution in [-0.4, -0.2) is 25.1 Å². The van der Waals surface area contributed by atoms with Crippen LogP contribution in [0.15, 0.2) is 58.8 Å². The molecule has 0 aliphatic carbocycles. The molecule has 12 heteroatoms. The SMILES string of the molecule is O=C(Cc1csc(-c2ccc(C(F)(F)F)cc2)n1)Nc1ccc(S(=O)(=O)C(F)F)cc1. The minimum atomic E-state index is -4.72. The smallest absolute Gasteiger partial charge is 0.326 e. The number of nitrogens with zero attached hydrogens (tertiary/aromatic N) is 1. The van der Waals surface area contributed by atoms with Crippen LogP contribution in [0.3, 0.4) is 0 Å². The molecule has 5 nitrogen and oxygen atoms in total. The molecule has 0 aliphatic heterocycles. The lowest BCUT2D eigenvalue weighted by atomic mass is 10.1. The van der Waals surface area contributed by atoms with E-state index in [2.05, 4.69) is 10.3 Å². The third-order valence-electron chi connectivity index (χ3n) is 4.05. The Hall–Kier alpha value is -2.86. The van der Waals surface area contributed by atoms with E-state index in [0.29, 0.717) is 16.3 Å². The van der Waals surface area contributed by atoms with Crippen molar-refractivity contribution in [2.75, 3.05) is 5.32 Å². The monoisotopic (exact) mass is 476 g/mol. The summed E-state index contributed by atoms with van der Waals surface area (Å²) in [6, 6.07) is 8.76. The number of benzene rings is 2. The number of aromatic nitrogens is 1. The largest absolute Gasteiger partial charge is 0.416 e. The molecule has 0 bridgehead atoms. The van der Waals surface area contributed by atoms with Crippen LogP contribution in [0.4, 0.5) is 27.6 Å². The molecular weight excluding hydrogens is 463 g/mol. The van der Waals surface area contributed by atoms with E-state index < -0.39 is 38.1 Å². The van der Waals surface area contributed by atoms with E-state index in [0.717, 1.165) is 35.6 Å². The fourth-order valence-electron chi connectivity index (χ4n) is 2.52. The number of hydrogen-bond acceptors (Lipinski definition) is 5. The first-order chi connectivity index (χ1) is 14.5. The average Bonchev–Trinajstić information content (AvgIpc) is 3.16. The van der Waals surface area contributed by atoms with Crippen LogP contribution in [0.2, 0.25) is 0 Å².